The fourth-order valence-electron chi connectivity index (χ4n) is 1.08. The number of halogens is 3. The normalized spacial score (nSPS) is 10.4. The van der Waals surface area contributed by atoms with E-state index in [9.17, 15) is 23.7 Å². The molecule has 0 saturated carbocycles. The molecule has 0 aliphatic carbocycles. The van der Waals surface area contributed by atoms with Crippen molar-refractivity contribution in [2.75, 3.05) is 7.11 Å². The van der Waals surface area contributed by atoms with Crippen LogP contribution in [0.4, 0.5) is 14.5 Å². The second-order valence-corrected chi connectivity index (χ2v) is 3.15. The number of ether oxygens (including phenoxy) is 1. The highest BCUT2D eigenvalue weighted by Crippen LogP contribution is 2.35. The first-order valence-electron chi connectivity index (χ1n) is 4.09. The Morgan fingerprint density at radius 1 is 1.65 bits per heavy atom. The second kappa shape index (κ2) is 5.00. The van der Waals surface area contributed by atoms with Gasteiger partial charge in [0.1, 0.15) is 5.56 Å². The van der Waals surface area contributed by atoms with Crippen molar-refractivity contribution in [3.05, 3.63) is 32.6 Å². The molecule has 17 heavy (non-hydrogen) atoms. The molecule has 0 saturated heterocycles. The number of aromatic nitrogens is 1. The lowest BCUT2D eigenvalue weighted by atomic mass is 10.2. The number of nitrogens with zero attached hydrogens (tertiary/aromatic N) is 2. The Hall–Kier alpha value is -1.83. The predicted molar refractivity (Wildman–Crippen MR) is 52.2 cm³/mol. The molecule has 92 valence electrons. The van der Waals surface area contributed by atoms with Gasteiger partial charge < -0.3 is 4.74 Å². The summed E-state index contributed by atoms with van der Waals surface area (Å²) in [6.07, 6.45) is -2.59. The van der Waals surface area contributed by atoms with Gasteiger partial charge in [-0.25, -0.2) is 18.6 Å². The van der Waals surface area contributed by atoms with Crippen molar-refractivity contribution in [3.63, 3.8) is 0 Å². The molecule has 6 nitrogen and oxygen atoms in total. The lowest BCUT2D eigenvalue weighted by Gasteiger charge is -2.05. The third-order valence-electron chi connectivity index (χ3n) is 1.82. The van der Waals surface area contributed by atoms with Gasteiger partial charge in [0.05, 0.1) is 12.0 Å². The summed E-state index contributed by atoms with van der Waals surface area (Å²) in [7, 11) is 1.01. The lowest BCUT2D eigenvalue weighted by Crippen LogP contribution is -2.09. The number of methoxy groups -OCH3 is 1. The van der Waals surface area contributed by atoms with Crippen molar-refractivity contribution >= 4 is 23.3 Å². The Bertz CT molecular complexity index is 481. The summed E-state index contributed by atoms with van der Waals surface area (Å²) < 4.78 is 29.2. The molecule has 0 aromatic carbocycles. The summed E-state index contributed by atoms with van der Waals surface area (Å²) in [5.74, 6) is -1.04. The Kier molecular flexibility index (Phi) is 3.89. The van der Waals surface area contributed by atoms with E-state index in [2.05, 4.69) is 9.72 Å². The quantitative estimate of drug-likeness (QED) is 0.476. The van der Waals surface area contributed by atoms with Crippen LogP contribution < -0.4 is 0 Å². The molecule has 0 aliphatic heterocycles. The molecule has 0 fully saturated rings. The smallest absolute Gasteiger partial charge is 0.358 e. The van der Waals surface area contributed by atoms with Gasteiger partial charge in [0.25, 0.3) is 6.43 Å². The molecule has 1 aromatic heterocycles. The van der Waals surface area contributed by atoms with Crippen LogP contribution in [0.3, 0.4) is 0 Å². The zero-order chi connectivity index (χ0) is 13.2. The zero-order valence-corrected chi connectivity index (χ0v) is 9.07. The first kappa shape index (κ1) is 13.2. The summed E-state index contributed by atoms with van der Waals surface area (Å²) in [5, 5.41) is 9.85. The van der Waals surface area contributed by atoms with E-state index < -0.39 is 39.3 Å². The van der Waals surface area contributed by atoms with Crippen molar-refractivity contribution in [2.45, 2.75) is 6.43 Å². The maximum Gasteiger partial charge on any atom is 0.358 e. The Labute approximate surface area is 98.3 Å². The minimum absolute atomic E-state index is 0.529. The van der Waals surface area contributed by atoms with Crippen molar-refractivity contribution in [1.29, 1.82) is 0 Å². The van der Waals surface area contributed by atoms with Gasteiger partial charge in [-0.2, -0.15) is 0 Å². The maximum atomic E-state index is 12.5. The predicted octanol–water partition coefficient (Wildman–Crippen LogP) is 2.37. The zero-order valence-electron chi connectivity index (χ0n) is 8.32. The van der Waals surface area contributed by atoms with Crippen LogP contribution in [0, 0.1) is 10.1 Å². The molecule has 0 spiro atoms. The summed E-state index contributed by atoms with van der Waals surface area (Å²) in [6, 6.07) is 0. The molecule has 0 atom stereocenters. The molecule has 1 heterocycles. The van der Waals surface area contributed by atoms with Gasteiger partial charge in [0.2, 0.25) is 0 Å². The molecule has 0 bridgehead atoms. The molecule has 0 amide bonds. The molecule has 1 aromatic rings. The van der Waals surface area contributed by atoms with Crippen molar-refractivity contribution in [2.24, 2.45) is 0 Å². The summed E-state index contributed by atoms with van der Waals surface area (Å²) >= 11 is 5.49. The highest BCUT2D eigenvalue weighted by Gasteiger charge is 2.30. The summed E-state index contributed by atoms with van der Waals surface area (Å²) in [6.45, 7) is 0. The van der Waals surface area contributed by atoms with Crippen molar-refractivity contribution in [1.82, 2.24) is 4.98 Å². The molecule has 0 radical (unpaired) electrons. The van der Waals surface area contributed by atoms with Gasteiger partial charge >= 0.3 is 11.7 Å². The van der Waals surface area contributed by atoms with Crippen LogP contribution >= 0.6 is 11.6 Å². The number of nitro groups is 1. The molecule has 0 aliphatic rings. The highest BCUT2D eigenvalue weighted by atomic mass is 35.5. The maximum absolute atomic E-state index is 12.5. The van der Waals surface area contributed by atoms with Crippen LogP contribution in [0.25, 0.3) is 0 Å². The topological polar surface area (TPSA) is 82.3 Å². The van der Waals surface area contributed by atoms with Gasteiger partial charge in [0.15, 0.2) is 10.7 Å². The van der Waals surface area contributed by atoms with E-state index >= 15 is 0 Å². The van der Waals surface area contributed by atoms with E-state index in [4.69, 9.17) is 11.6 Å². The molecule has 9 heteroatoms. The SMILES string of the molecule is COC(=O)c1ncc(C(F)F)c([N+](=O)[O-])c1Cl. The number of carbonyl (C=O) groups is 1. The van der Waals surface area contributed by atoms with Crippen LogP contribution in [-0.2, 0) is 4.74 Å². The van der Waals surface area contributed by atoms with E-state index in [1.165, 1.54) is 0 Å². The third-order valence-corrected chi connectivity index (χ3v) is 2.18. The Balaban J connectivity index is 3.49. The summed E-state index contributed by atoms with van der Waals surface area (Å²) in [5.41, 5.74) is -2.57. The average Bonchev–Trinajstić information content (AvgIpc) is 2.26. The Morgan fingerprint density at radius 2 is 2.24 bits per heavy atom. The van der Waals surface area contributed by atoms with Gasteiger partial charge in [-0.1, -0.05) is 11.6 Å². The Morgan fingerprint density at radius 3 is 2.65 bits per heavy atom. The van der Waals surface area contributed by atoms with E-state index in [0.29, 0.717) is 6.20 Å². The molecule has 1 rings (SSSR count). The van der Waals surface area contributed by atoms with Crippen LogP contribution in [0.2, 0.25) is 5.02 Å². The first-order chi connectivity index (χ1) is 7.90. The monoisotopic (exact) mass is 266 g/mol. The number of rotatable bonds is 3. The molecular formula is C8H5ClF2N2O4. The van der Waals surface area contributed by atoms with E-state index in [1.54, 1.807) is 0 Å². The van der Waals surface area contributed by atoms with E-state index in [0.717, 1.165) is 7.11 Å². The van der Waals surface area contributed by atoms with Gasteiger partial charge in [0, 0.05) is 6.20 Å². The highest BCUT2D eigenvalue weighted by molar-refractivity contribution is 6.35. The summed E-state index contributed by atoms with van der Waals surface area (Å²) in [4.78, 5) is 24.0. The number of alkyl halides is 2. The molecular weight excluding hydrogens is 262 g/mol. The minimum Gasteiger partial charge on any atom is -0.464 e. The van der Waals surface area contributed by atoms with E-state index in [1.807, 2.05) is 0 Å². The largest absolute Gasteiger partial charge is 0.464 e. The average molecular weight is 267 g/mol. The van der Waals surface area contributed by atoms with Gasteiger partial charge in [-0.3, -0.25) is 10.1 Å². The van der Waals surface area contributed by atoms with Crippen LogP contribution in [0.1, 0.15) is 22.5 Å². The number of carbonyl (C=O) groups excluding carboxylic acids is 1. The number of hydrogen-bond donors (Lipinski definition) is 0. The van der Waals surface area contributed by atoms with E-state index in [-0.39, 0.29) is 0 Å². The fourth-order valence-corrected chi connectivity index (χ4v) is 1.38. The van der Waals surface area contributed by atoms with Crippen LogP contribution in [0.15, 0.2) is 6.20 Å². The van der Waals surface area contributed by atoms with Crippen molar-refractivity contribution < 1.29 is 23.2 Å². The number of pyridine rings is 1. The van der Waals surface area contributed by atoms with Crippen LogP contribution in [-0.4, -0.2) is 23.0 Å². The number of hydrogen-bond acceptors (Lipinski definition) is 5. The third kappa shape index (κ3) is 2.47. The molecule has 0 unspecified atom stereocenters. The minimum atomic E-state index is -3.12. The second-order valence-electron chi connectivity index (χ2n) is 2.77. The first-order valence-corrected chi connectivity index (χ1v) is 4.47. The van der Waals surface area contributed by atoms with Crippen LogP contribution in [0.5, 0.6) is 0 Å². The number of esters is 1. The van der Waals surface area contributed by atoms with Crippen molar-refractivity contribution in [3.8, 4) is 0 Å². The standard InChI is InChI=1S/C8H5ClF2N2O4/c1-17-8(14)5-4(9)6(13(15)16)3(2-12-5)7(10)11/h2,7H,1H3. The lowest BCUT2D eigenvalue weighted by molar-refractivity contribution is -0.386. The molecule has 0 N–H and O–H groups in total. The van der Waals surface area contributed by atoms with Gasteiger partial charge in [-0.15, -0.1) is 0 Å². The van der Waals surface area contributed by atoms with Gasteiger partial charge in [-0.05, 0) is 0 Å². The fraction of sp³-hybridized carbons (Fsp3) is 0.250.